The Hall–Kier alpha value is -0.800. The molecule has 0 aliphatic heterocycles. The molecule has 1 aliphatic carbocycles. The van der Waals surface area contributed by atoms with Gasteiger partial charge < -0.3 is 14.5 Å². The molecule has 1 aromatic heterocycles. The smallest absolute Gasteiger partial charge is 0.129 e. The van der Waals surface area contributed by atoms with Gasteiger partial charge in [0.25, 0.3) is 0 Å². The lowest BCUT2D eigenvalue weighted by molar-refractivity contribution is 0.0723. The highest BCUT2D eigenvalue weighted by molar-refractivity contribution is 5.06. The minimum Gasteiger partial charge on any atom is -0.462 e. The molecule has 0 spiro atoms. The van der Waals surface area contributed by atoms with Crippen molar-refractivity contribution in [3.63, 3.8) is 0 Å². The van der Waals surface area contributed by atoms with Crippen molar-refractivity contribution >= 4 is 0 Å². The molecule has 1 saturated carbocycles. The second-order valence-corrected chi connectivity index (χ2v) is 5.22. The molecule has 0 amide bonds. The predicted octanol–water partition coefficient (Wildman–Crippen LogP) is 3.48. The summed E-state index contributed by atoms with van der Waals surface area (Å²) in [6.07, 6.45) is 4.99. The van der Waals surface area contributed by atoms with E-state index in [-0.39, 0.29) is 0 Å². The maximum absolute atomic E-state index is 5.72. The van der Waals surface area contributed by atoms with E-state index >= 15 is 0 Å². The molecule has 3 nitrogen and oxygen atoms in total. The van der Waals surface area contributed by atoms with Crippen LogP contribution in [0.25, 0.3) is 0 Å². The van der Waals surface area contributed by atoms with Crippen molar-refractivity contribution in [3.8, 4) is 0 Å². The Morgan fingerprint density at radius 3 is 2.67 bits per heavy atom. The van der Waals surface area contributed by atoms with Crippen LogP contribution in [0.4, 0.5) is 0 Å². The first kappa shape index (κ1) is 13.6. The van der Waals surface area contributed by atoms with Crippen molar-refractivity contribution in [2.75, 3.05) is 6.61 Å². The van der Waals surface area contributed by atoms with Gasteiger partial charge in [-0.15, -0.1) is 0 Å². The van der Waals surface area contributed by atoms with E-state index in [9.17, 15) is 0 Å². The van der Waals surface area contributed by atoms with Crippen LogP contribution in [-0.2, 0) is 17.9 Å². The maximum atomic E-state index is 5.72. The van der Waals surface area contributed by atoms with Crippen LogP contribution < -0.4 is 5.32 Å². The molecular formula is C15H25NO2. The first-order valence-corrected chi connectivity index (χ1v) is 7.20. The van der Waals surface area contributed by atoms with Crippen molar-refractivity contribution in [1.29, 1.82) is 0 Å². The number of hydrogen-bond donors (Lipinski definition) is 1. The Morgan fingerprint density at radius 2 is 2.00 bits per heavy atom. The molecule has 1 heterocycles. The number of rotatable bonds is 9. The fourth-order valence-corrected chi connectivity index (χ4v) is 1.98. The zero-order chi connectivity index (χ0) is 12.8. The van der Waals surface area contributed by atoms with Gasteiger partial charge in [-0.3, -0.25) is 0 Å². The average molecular weight is 251 g/mol. The molecule has 1 aliphatic rings. The summed E-state index contributed by atoms with van der Waals surface area (Å²) in [6.45, 7) is 6.71. The van der Waals surface area contributed by atoms with E-state index < -0.39 is 0 Å². The topological polar surface area (TPSA) is 34.4 Å². The minimum atomic E-state index is 0.597. The van der Waals surface area contributed by atoms with Crippen LogP contribution in [0, 0.1) is 5.92 Å². The second-order valence-electron chi connectivity index (χ2n) is 5.22. The van der Waals surface area contributed by atoms with Gasteiger partial charge in [-0.2, -0.15) is 0 Å². The highest BCUT2D eigenvalue weighted by Crippen LogP contribution is 2.20. The number of hydrogen-bond acceptors (Lipinski definition) is 3. The van der Waals surface area contributed by atoms with Gasteiger partial charge in [-0.1, -0.05) is 26.7 Å². The van der Waals surface area contributed by atoms with Crippen LogP contribution in [0.15, 0.2) is 16.5 Å². The van der Waals surface area contributed by atoms with Crippen LogP contribution in [0.1, 0.15) is 51.1 Å². The summed E-state index contributed by atoms with van der Waals surface area (Å²) >= 11 is 0. The Morgan fingerprint density at radius 1 is 1.28 bits per heavy atom. The molecule has 0 aromatic carbocycles. The van der Waals surface area contributed by atoms with E-state index in [1.165, 1.54) is 25.7 Å². The second kappa shape index (κ2) is 6.95. The van der Waals surface area contributed by atoms with Gasteiger partial charge in [-0.25, -0.2) is 0 Å². The number of furan rings is 1. The largest absolute Gasteiger partial charge is 0.462 e. The minimum absolute atomic E-state index is 0.597. The SMILES string of the molecule is CCC(CC)COCc1ccc(CNC2CC2)o1. The lowest BCUT2D eigenvalue weighted by Gasteiger charge is -2.11. The van der Waals surface area contributed by atoms with E-state index in [4.69, 9.17) is 9.15 Å². The van der Waals surface area contributed by atoms with Crippen LogP contribution >= 0.6 is 0 Å². The molecule has 0 radical (unpaired) electrons. The van der Waals surface area contributed by atoms with E-state index in [1.54, 1.807) is 0 Å². The van der Waals surface area contributed by atoms with Gasteiger partial charge in [0.15, 0.2) is 0 Å². The molecule has 18 heavy (non-hydrogen) atoms. The molecule has 0 atom stereocenters. The first-order chi connectivity index (χ1) is 8.81. The van der Waals surface area contributed by atoms with Crippen molar-refractivity contribution in [1.82, 2.24) is 5.32 Å². The monoisotopic (exact) mass is 251 g/mol. The Labute approximate surface area is 110 Å². The van der Waals surface area contributed by atoms with Crippen molar-refractivity contribution in [2.45, 2.75) is 58.7 Å². The third-order valence-corrected chi connectivity index (χ3v) is 3.61. The number of nitrogens with one attached hydrogen (secondary N) is 1. The predicted molar refractivity (Wildman–Crippen MR) is 72.3 cm³/mol. The van der Waals surface area contributed by atoms with Crippen LogP contribution in [0.3, 0.4) is 0 Å². The van der Waals surface area contributed by atoms with Crippen LogP contribution in [0.5, 0.6) is 0 Å². The van der Waals surface area contributed by atoms with Gasteiger partial charge in [0.2, 0.25) is 0 Å². The molecule has 0 unspecified atom stereocenters. The highest BCUT2D eigenvalue weighted by Gasteiger charge is 2.20. The van der Waals surface area contributed by atoms with E-state index in [0.717, 1.165) is 30.7 Å². The van der Waals surface area contributed by atoms with Gasteiger partial charge >= 0.3 is 0 Å². The fraction of sp³-hybridized carbons (Fsp3) is 0.733. The lowest BCUT2D eigenvalue weighted by Crippen LogP contribution is -2.14. The summed E-state index contributed by atoms with van der Waals surface area (Å²) < 4.78 is 11.4. The normalized spacial score (nSPS) is 15.5. The fourth-order valence-electron chi connectivity index (χ4n) is 1.98. The summed E-state index contributed by atoms with van der Waals surface area (Å²) in [4.78, 5) is 0. The number of ether oxygens (including phenoxy) is 1. The summed E-state index contributed by atoms with van der Waals surface area (Å²) in [7, 11) is 0. The molecule has 102 valence electrons. The summed E-state index contributed by atoms with van der Waals surface area (Å²) in [5.74, 6) is 2.63. The van der Waals surface area contributed by atoms with Crippen molar-refractivity contribution in [2.24, 2.45) is 5.92 Å². The zero-order valence-corrected chi connectivity index (χ0v) is 11.6. The first-order valence-electron chi connectivity index (χ1n) is 7.20. The Kier molecular flexibility index (Phi) is 5.26. The van der Waals surface area contributed by atoms with Gasteiger partial charge in [-0.05, 0) is 30.9 Å². The quantitative estimate of drug-likeness (QED) is 0.729. The summed E-state index contributed by atoms with van der Waals surface area (Å²) in [5, 5.41) is 3.44. The van der Waals surface area contributed by atoms with E-state index in [1.807, 2.05) is 12.1 Å². The third kappa shape index (κ3) is 4.46. The van der Waals surface area contributed by atoms with Gasteiger partial charge in [0.1, 0.15) is 18.1 Å². The molecular weight excluding hydrogens is 226 g/mol. The van der Waals surface area contributed by atoms with E-state index in [2.05, 4.69) is 19.2 Å². The molecule has 1 N–H and O–H groups in total. The molecule has 0 saturated heterocycles. The summed E-state index contributed by atoms with van der Waals surface area (Å²) in [5.41, 5.74) is 0. The van der Waals surface area contributed by atoms with Crippen molar-refractivity contribution < 1.29 is 9.15 Å². The lowest BCUT2D eigenvalue weighted by atomic mass is 10.1. The maximum Gasteiger partial charge on any atom is 0.129 e. The van der Waals surface area contributed by atoms with Crippen LogP contribution in [0.2, 0.25) is 0 Å². The molecule has 2 rings (SSSR count). The Balaban J connectivity index is 1.65. The van der Waals surface area contributed by atoms with Crippen LogP contribution in [-0.4, -0.2) is 12.6 Å². The molecule has 0 bridgehead atoms. The summed E-state index contributed by atoms with van der Waals surface area (Å²) in [6, 6.07) is 4.80. The van der Waals surface area contributed by atoms with Crippen molar-refractivity contribution in [3.05, 3.63) is 23.7 Å². The molecule has 1 fully saturated rings. The molecule has 3 heteroatoms. The standard InChI is InChI=1S/C15H25NO2/c1-3-12(4-2)10-17-11-15-8-7-14(18-15)9-16-13-5-6-13/h7-8,12-13,16H,3-6,9-11H2,1-2H3. The zero-order valence-electron chi connectivity index (χ0n) is 11.6. The van der Waals surface area contributed by atoms with E-state index in [0.29, 0.717) is 12.5 Å². The average Bonchev–Trinajstić information content (AvgIpc) is 3.12. The highest BCUT2D eigenvalue weighted by atomic mass is 16.5. The third-order valence-electron chi connectivity index (χ3n) is 3.61. The molecule has 1 aromatic rings. The van der Waals surface area contributed by atoms with Gasteiger partial charge in [0, 0.05) is 12.6 Å². The Bertz CT molecular complexity index is 340. The van der Waals surface area contributed by atoms with Gasteiger partial charge in [0.05, 0.1) is 6.54 Å².